The molecule has 0 aromatic heterocycles. The van der Waals surface area contributed by atoms with Crippen LogP contribution in [0.15, 0.2) is 42.5 Å². The van der Waals surface area contributed by atoms with E-state index in [0.717, 1.165) is 0 Å². The number of ketones is 2. The van der Waals surface area contributed by atoms with Crippen molar-refractivity contribution in [3.05, 3.63) is 69.7 Å². The van der Waals surface area contributed by atoms with Crippen LogP contribution in [-0.2, 0) is 0 Å². The highest BCUT2D eigenvalue weighted by Gasteiger charge is 2.30. The Morgan fingerprint density at radius 3 is 1.89 bits per heavy atom. The highest BCUT2D eigenvalue weighted by molar-refractivity contribution is 6.39. The molecule has 0 N–H and O–H groups in total. The number of benzene rings is 2. The van der Waals surface area contributed by atoms with Crippen LogP contribution >= 0.6 is 23.2 Å². The van der Waals surface area contributed by atoms with Crippen LogP contribution in [0.25, 0.3) is 0 Å². The van der Waals surface area contributed by atoms with Gasteiger partial charge in [0.15, 0.2) is 11.6 Å². The maximum atomic E-state index is 12.2. The molecule has 2 aromatic rings. The standard InChI is InChI=1S/C14H7ClO2.CH3Cl/c15-11-7-3-6-10-12(11)14(17)9-5-2-1-4-8(9)13(10)16;1-2/h1-7H;1H3. The van der Waals surface area contributed by atoms with Gasteiger partial charge in [-0.15, -0.1) is 11.6 Å². The maximum absolute atomic E-state index is 12.2. The Morgan fingerprint density at radius 2 is 1.26 bits per heavy atom. The molecule has 19 heavy (non-hydrogen) atoms. The molecule has 1 aliphatic rings. The molecule has 0 heterocycles. The first-order chi connectivity index (χ1) is 9.20. The van der Waals surface area contributed by atoms with Crippen LogP contribution in [0.3, 0.4) is 0 Å². The largest absolute Gasteiger partial charge is 0.289 e. The van der Waals surface area contributed by atoms with Gasteiger partial charge in [-0.3, -0.25) is 9.59 Å². The van der Waals surface area contributed by atoms with E-state index in [0.29, 0.717) is 27.3 Å². The van der Waals surface area contributed by atoms with Crippen LogP contribution in [0.2, 0.25) is 5.02 Å². The monoisotopic (exact) mass is 292 g/mol. The zero-order valence-electron chi connectivity index (χ0n) is 10.1. The second-order valence-corrected chi connectivity index (χ2v) is 4.27. The second-order valence-electron chi connectivity index (χ2n) is 3.87. The first kappa shape index (κ1) is 13.8. The van der Waals surface area contributed by atoms with E-state index < -0.39 is 0 Å². The van der Waals surface area contributed by atoms with Gasteiger partial charge in [0.1, 0.15) is 0 Å². The fourth-order valence-electron chi connectivity index (χ4n) is 2.10. The average Bonchev–Trinajstić information content (AvgIpc) is 2.47. The summed E-state index contributed by atoms with van der Waals surface area (Å²) < 4.78 is 0. The quantitative estimate of drug-likeness (QED) is 0.588. The van der Waals surface area contributed by atoms with Crippen molar-refractivity contribution in [1.29, 1.82) is 0 Å². The van der Waals surface area contributed by atoms with Crippen molar-refractivity contribution < 1.29 is 9.59 Å². The number of halogens is 2. The summed E-state index contributed by atoms with van der Waals surface area (Å²) in [6.07, 6.45) is 1.47. The van der Waals surface area contributed by atoms with Gasteiger partial charge >= 0.3 is 0 Å². The molecule has 0 amide bonds. The lowest BCUT2D eigenvalue weighted by Crippen LogP contribution is -2.21. The Hall–Kier alpha value is -1.64. The minimum Gasteiger partial charge on any atom is -0.289 e. The molecule has 0 bridgehead atoms. The normalized spacial score (nSPS) is 12.2. The number of hydrogen-bond acceptors (Lipinski definition) is 2. The molecule has 0 saturated carbocycles. The summed E-state index contributed by atoms with van der Waals surface area (Å²) in [7, 11) is 0. The van der Waals surface area contributed by atoms with Gasteiger partial charge in [0.25, 0.3) is 0 Å². The summed E-state index contributed by atoms with van der Waals surface area (Å²) >= 11 is 10.6. The smallest absolute Gasteiger partial charge is 0.196 e. The molecule has 2 nitrogen and oxygen atoms in total. The van der Waals surface area contributed by atoms with Gasteiger partial charge in [0.2, 0.25) is 0 Å². The van der Waals surface area contributed by atoms with Crippen LogP contribution in [0.1, 0.15) is 31.8 Å². The molecular weight excluding hydrogens is 283 g/mol. The summed E-state index contributed by atoms with van der Waals surface area (Å²) in [5, 5.41) is 0.329. The predicted molar refractivity (Wildman–Crippen MR) is 76.5 cm³/mol. The Morgan fingerprint density at radius 1 is 0.737 bits per heavy atom. The van der Waals surface area contributed by atoms with E-state index >= 15 is 0 Å². The van der Waals surface area contributed by atoms with Crippen molar-refractivity contribution in [2.24, 2.45) is 0 Å². The van der Waals surface area contributed by atoms with E-state index in [1.165, 1.54) is 6.38 Å². The Balaban J connectivity index is 0.000000637. The molecule has 4 heteroatoms. The molecule has 3 rings (SSSR count). The molecule has 0 unspecified atom stereocenters. The lowest BCUT2D eigenvalue weighted by molar-refractivity contribution is 0.0979. The number of carbonyl (C=O) groups is 2. The highest BCUT2D eigenvalue weighted by atomic mass is 35.5. The van der Waals surface area contributed by atoms with Crippen molar-refractivity contribution in [3.63, 3.8) is 0 Å². The summed E-state index contributed by atoms with van der Waals surface area (Å²) in [5.74, 6) is -0.321. The van der Waals surface area contributed by atoms with Crippen molar-refractivity contribution in [3.8, 4) is 0 Å². The number of carbonyl (C=O) groups excluding carboxylic acids is 2. The average molecular weight is 293 g/mol. The van der Waals surface area contributed by atoms with Crippen LogP contribution in [0, 0.1) is 0 Å². The minimum atomic E-state index is -0.180. The third-order valence-electron chi connectivity index (χ3n) is 2.90. The summed E-state index contributed by atoms with van der Waals surface area (Å²) in [6, 6.07) is 11.8. The first-order valence-electron chi connectivity index (χ1n) is 5.55. The molecule has 0 spiro atoms. The van der Waals surface area contributed by atoms with E-state index in [-0.39, 0.29) is 11.6 Å². The first-order valence-corrected chi connectivity index (χ1v) is 6.68. The van der Waals surface area contributed by atoms with Crippen LogP contribution in [-0.4, -0.2) is 17.9 Å². The van der Waals surface area contributed by atoms with Gasteiger partial charge < -0.3 is 0 Å². The highest BCUT2D eigenvalue weighted by Crippen LogP contribution is 2.31. The topological polar surface area (TPSA) is 34.1 Å². The lowest BCUT2D eigenvalue weighted by atomic mass is 9.84. The summed E-state index contributed by atoms with van der Waals surface area (Å²) in [6.45, 7) is 0. The van der Waals surface area contributed by atoms with E-state index in [9.17, 15) is 9.59 Å². The molecule has 2 aromatic carbocycles. The van der Waals surface area contributed by atoms with Gasteiger partial charge in [-0.1, -0.05) is 48.0 Å². The minimum absolute atomic E-state index is 0.141. The Labute approximate surface area is 121 Å². The van der Waals surface area contributed by atoms with Crippen molar-refractivity contribution in [2.75, 3.05) is 6.38 Å². The van der Waals surface area contributed by atoms with Gasteiger partial charge in [-0.05, 0) is 6.07 Å². The molecule has 0 radical (unpaired) electrons. The molecule has 1 aliphatic carbocycles. The molecule has 96 valence electrons. The van der Waals surface area contributed by atoms with Crippen LogP contribution in [0.5, 0.6) is 0 Å². The number of hydrogen-bond donors (Lipinski definition) is 0. The fraction of sp³-hybridized carbons (Fsp3) is 0.0667. The third kappa shape index (κ3) is 2.18. The maximum Gasteiger partial charge on any atom is 0.196 e. The SMILES string of the molecule is CCl.O=C1c2ccccc2C(=O)c2c(Cl)cccc21. The summed E-state index contributed by atoms with van der Waals surface area (Å²) in [4.78, 5) is 24.4. The molecule has 0 fully saturated rings. The van der Waals surface area contributed by atoms with E-state index in [1.54, 1.807) is 42.5 Å². The van der Waals surface area contributed by atoms with E-state index in [2.05, 4.69) is 11.6 Å². The van der Waals surface area contributed by atoms with Crippen molar-refractivity contribution >= 4 is 34.8 Å². The van der Waals surface area contributed by atoms with Crippen LogP contribution < -0.4 is 0 Å². The summed E-state index contributed by atoms with van der Waals surface area (Å²) in [5.41, 5.74) is 1.59. The zero-order valence-corrected chi connectivity index (χ0v) is 11.6. The lowest BCUT2D eigenvalue weighted by Gasteiger charge is -2.17. The Kier molecular flexibility index (Phi) is 4.03. The van der Waals surface area contributed by atoms with Gasteiger partial charge in [0.05, 0.1) is 10.6 Å². The van der Waals surface area contributed by atoms with Gasteiger partial charge in [0, 0.05) is 23.1 Å². The number of fused-ring (bicyclic) bond motifs is 2. The van der Waals surface area contributed by atoms with Gasteiger partial charge in [-0.25, -0.2) is 0 Å². The molecule has 0 atom stereocenters. The third-order valence-corrected chi connectivity index (χ3v) is 3.22. The van der Waals surface area contributed by atoms with Crippen molar-refractivity contribution in [1.82, 2.24) is 0 Å². The molecule has 0 saturated heterocycles. The van der Waals surface area contributed by atoms with Crippen molar-refractivity contribution in [2.45, 2.75) is 0 Å². The molecule has 0 aliphatic heterocycles. The Bertz CT molecular complexity index is 663. The van der Waals surface area contributed by atoms with Gasteiger partial charge in [-0.2, -0.15) is 0 Å². The molecular formula is C15H10Cl2O2. The van der Waals surface area contributed by atoms with Crippen LogP contribution in [0.4, 0.5) is 0 Å². The van der Waals surface area contributed by atoms with E-state index in [4.69, 9.17) is 11.6 Å². The van der Waals surface area contributed by atoms with E-state index in [1.807, 2.05) is 0 Å². The predicted octanol–water partition coefficient (Wildman–Crippen LogP) is 3.97. The number of rotatable bonds is 0. The second kappa shape index (κ2) is 5.55. The number of alkyl halides is 1. The zero-order chi connectivity index (χ0) is 14.0. The fourth-order valence-corrected chi connectivity index (χ4v) is 2.36.